The van der Waals surface area contributed by atoms with Gasteiger partial charge in [0.25, 0.3) is 0 Å². The van der Waals surface area contributed by atoms with Crippen LogP contribution in [0.15, 0.2) is 201 Å². The summed E-state index contributed by atoms with van der Waals surface area (Å²) in [6.07, 6.45) is 3.96. The van der Waals surface area contributed by atoms with Crippen LogP contribution in [0, 0.1) is 6.92 Å². The molecule has 0 saturated heterocycles. The summed E-state index contributed by atoms with van der Waals surface area (Å²) in [7, 11) is 0. The lowest BCUT2D eigenvalue weighted by Gasteiger charge is -2.30. The summed E-state index contributed by atoms with van der Waals surface area (Å²) in [4.78, 5) is 2.35. The number of hydrogen-bond acceptors (Lipinski definition) is 1. The van der Waals surface area contributed by atoms with Gasteiger partial charge in [-0.1, -0.05) is 161 Å². The number of para-hydroxylation sites is 1. The Labute approximate surface area is 330 Å². The van der Waals surface area contributed by atoms with Gasteiger partial charge in [-0.25, -0.2) is 0 Å². The molecule has 1 aromatic heterocycles. The Bertz CT molecular complexity index is 2870. The third-order valence-electron chi connectivity index (χ3n) is 11.8. The van der Waals surface area contributed by atoms with Crippen molar-refractivity contribution in [2.45, 2.75) is 26.2 Å². The van der Waals surface area contributed by atoms with Gasteiger partial charge in [0.2, 0.25) is 0 Å². The van der Waals surface area contributed by atoms with Crippen molar-refractivity contribution in [3.63, 3.8) is 0 Å². The Morgan fingerprint density at radius 1 is 0.607 bits per heavy atom. The van der Waals surface area contributed by atoms with Crippen molar-refractivity contribution in [1.82, 2.24) is 4.57 Å². The molecule has 0 radical (unpaired) electrons. The number of hydrogen-bond donors (Lipinski definition) is 0. The number of allylic oxidation sites excluding steroid dienone is 3. The van der Waals surface area contributed by atoms with E-state index in [1.54, 1.807) is 0 Å². The van der Waals surface area contributed by atoms with Crippen LogP contribution in [0.4, 0.5) is 11.4 Å². The van der Waals surface area contributed by atoms with Crippen molar-refractivity contribution >= 4 is 44.7 Å². The Morgan fingerprint density at radius 3 is 1.98 bits per heavy atom. The van der Waals surface area contributed by atoms with Crippen LogP contribution in [0.1, 0.15) is 36.2 Å². The summed E-state index contributed by atoms with van der Waals surface area (Å²) >= 11 is 0. The minimum Gasteiger partial charge on any atom is -0.313 e. The molecule has 1 aliphatic carbocycles. The van der Waals surface area contributed by atoms with Gasteiger partial charge in [-0.15, -0.1) is 0 Å². The standard InChI is InChI=1S/C54H44N2/c1-7-45-37(4)55(52-26-14-12-22-48(45)52)42-31-27-38(28-32-42)39-29-33-43(34-30-39)56(51(8-2)53-36(3)54(5,6)50-25-13-11-23-49(50)53)44-20-15-19-41(35-44)47-24-16-18-40-17-9-10-21-46(40)47/h7-35H,1-3H2,4-6H3/b53-51-. The van der Waals surface area contributed by atoms with Crippen LogP contribution >= 0.6 is 0 Å². The van der Waals surface area contributed by atoms with Crippen molar-refractivity contribution in [2.24, 2.45) is 0 Å². The maximum absolute atomic E-state index is 4.71. The summed E-state index contributed by atoms with van der Waals surface area (Å²) in [5.41, 5.74) is 16.9. The van der Waals surface area contributed by atoms with Crippen LogP contribution in [0.2, 0.25) is 0 Å². The molecular weight excluding hydrogens is 677 g/mol. The molecule has 2 nitrogen and oxygen atoms in total. The fourth-order valence-corrected chi connectivity index (χ4v) is 8.79. The van der Waals surface area contributed by atoms with Gasteiger partial charge in [0, 0.05) is 44.7 Å². The Morgan fingerprint density at radius 2 is 1.23 bits per heavy atom. The zero-order valence-electron chi connectivity index (χ0n) is 32.3. The first-order valence-corrected chi connectivity index (χ1v) is 19.3. The Balaban J connectivity index is 1.16. The molecule has 0 N–H and O–H groups in total. The molecule has 0 unspecified atom stereocenters. The van der Waals surface area contributed by atoms with Gasteiger partial charge < -0.3 is 9.47 Å². The van der Waals surface area contributed by atoms with Crippen molar-refractivity contribution in [3.05, 3.63) is 223 Å². The third kappa shape index (κ3) is 5.57. The second-order valence-electron chi connectivity index (χ2n) is 15.2. The number of benzene rings is 7. The molecule has 9 rings (SSSR count). The van der Waals surface area contributed by atoms with Crippen LogP contribution in [0.3, 0.4) is 0 Å². The molecule has 56 heavy (non-hydrogen) atoms. The van der Waals surface area contributed by atoms with Gasteiger partial charge in [0.1, 0.15) is 0 Å². The lowest BCUT2D eigenvalue weighted by atomic mass is 9.83. The van der Waals surface area contributed by atoms with E-state index in [0.717, 1.165) is 50.6 Å². The smallest absolute Gasteiger partial charge is 0.0537 e. The molecule has 7 aromatic carbocycles. The highest BCUT2D eigenvalue weighted by Crippen LogP contribution is 2.52. The van der Waals surface area contributed by atoms with Gasteiger partial charge in [-0.3, -0.25) is 0 Å². The first-order chi connectivity index (χ1) is 27.3. The molecule has 0 saturated carbocycles. The summed E-state index contributed by atoms with van der Waals surface area (Å²) in [5.74, 6) is 0. The van der Waals surface area contributed by atoms with Crippen molar-refractivity contribution in [2.75, 3.05) is 4.90 Å². The van der Waals surface area contributed by atoms with E-state index < -0.39 is 0 Å². The molecule has 0 atom stereocenters. The summed E-state index contributed by atoms with van der Waals surface area (Å²) < 4.78 is 2.32. The minimum atomic E-state index is -0.217. The number of rotatable bonds is 8. The fraction of sp³-hybridized carbons (Fsp3) is 0.0741. The summed E-state index contributed by atoms with van der Waals surface area (Å²) in [6.45, 7) is 20.0. The zero-order valence-corrected chi connectivity index (χ0v) is 32.3. The average molecular weight is 721 g/mol. The fourth-order valence-electron chi connectivity index (χ4n) is 8.79. The monoisotopic (exact) mass is 720 g/mol. The number of anilines is 2. The van der Waals surface area contributed by atoms with Gasteiger partial charge in [-0.05, 0) is 105 Å². The molecule has 0 aliphatic heterocycles. The molecule has 2 heteroatoms. The molecule has 0 bridgehead atoms. The molecular formula is C54H44N2. The van der Waals surface area contributed by atoms with Gasteiger partial charge >= 0.3 is 0 Å². The molecule has 0 fully saturated rings. The van der Waals surface area contributed by atoms with Crippen LogP contribution in [-0.2, 0) is 5.41 Å². The van der Waals surface area contributed by atoms with Crippen LogP contribution in [0.25, 0.3) is 61.3 Å². The van der Waals surface area contributed by atoms with Crippen molar-refractivity contribution in [3.8, 4) is 27.9 Å². The van der Waals surface area contributed by atoms with Crippen LogP contribution in [-0.4, -0.2) is 4.57 Å². The summed E-state index contributed by atoms with van der Waals surface area (Å²) in [5, 5.41) is 3.68. The quantitative estimate of drug-likeness (QED) is 0.152. The van der Waals surface area contributed by atoms with Crippen LogP contribution < -0.4 is 4.90 Å². The van der Waals surface area contributed by atoms with Crippen LogP contribution in [0.5, 0.6) is 0 Å². The van der Waals surface area contributed by atoms with Crippen molar-refractivity contribution < 1.29 is 0 Å². The normalized spacial score (nSPS) is 14.2. The second-order valence-corrected chi connectivity index (χ2v) is 15.2. The van der Waals surface area contributed by atoms with E-state index in [2.05, 4.69) is 207 Å². The molecule has 0 spiro atoms. The Kier molecular flexibility index (Phi) is 8.55. The van der Waals surface area contributed by atoms with E-state index in [0.29, 0.717) is 0 Å². The van der Waals surface area contributed by atoms with E-state index in [4.69, 9.17) is 6.58 Å². The first kappa shape index (κ1) is 34.8. The second kappa shape index (κ2) is 13.7. The maximum Gasteiger partial charge on any atom is 0.0537 e. The van der Waals surface area contributed by atoms with Gasteiger partial charge in [-0.2, -0.15) is 0 Å². The lowest BCUT2D eigenvalue weighted by Crippen LogP contribution is -2.18. The lowest BCUT2D eigenvalue weighted by molar-refractivity contribution is 0.663. The molecule has 1 heterocycles. The average Bonchev–Trinajstić information content (AvgIpc) is 3.64. The van der Waals surface area contributed by atoms with E-state index in [9.17, 15) is 0 Å². The largest absolute Gasteiger partial charge is 0.313 e. The Hall–Kier alpha value is -6.90. The first-order valence-electron chi connectivity index (χ1n) is 19.3. The minimum absolute atomic E-state index is 0.217. The zero-order chi connectivity index (χ0) is 38.6. The summed E-state index contributed by atoms with van der Waals surface area (Å²) in [6, 6.07) is 59.0. The highest BCUT2D eigenvalue weighted by Gasteiger charge is 2.39. The maximum atomic E-state index is 4.71. The predicted octanol–water partition coefficient (Wildman–Crippen LogP) is 14.7. The van der Waals surface area contributed by atoms with E-state index >= 15 is 0 Å². The number of fused-ring (bicyclic) bond motifs is 3. The SMILES string of the molecule is C=C/C(=C1\C(=C)C(C)(C)c2ccccc21)N(c1ccc(-c2ccc(-n3c(C)c(C=C)c4ccccc43)cc2)cc1)c1cccc(-c2cccc3ccccc23)c1. The number of aromatic nitrogens is 1. The molecule has 270 valence electrons. The van der Waals surface area contributed by atoms with Crippen molar-refractivity contribution in [1.29, 1.82) is 0 Å². The predicted molar refractivity (Wildman–Crippen MR) is 241 cm³/mol. The van der Waals surface area contributed by atoms with E-state index in [1.165, 1.54) is 49.6 Å². The molecule has 8 aromatic rings. The van der Waals surface area contributed by atoms with E-state index in [1.807, 2.05) is 12.2 Å². The number of nitrogens with zero attached hydrogens (tertiary/aromatic N) is 2. The molecule has 1 aliphatic rings. The molecule has 0 amide bonds. The topological polar surface area (TPSA) is 8.17 Å². The highest BCUT2D eigenvalue weighted by atomic mass is 15.1. The van der Waals surface area contributed by atoms with Gasteiger partial charge in [0.05, 0.1) is 11.2 Å². The van der Waals surface area contributed by atoms with E-state index in [-0.39, 0.29) is 5.41 Å². The van der Waals surface area contributed by atoms with Gasteiger partial charge in [0.15, 0.2) is 0 Å². The third-order valence-corrected chi connectivity index (χ3v) is 11.8. The highest BCUT2D eigenvalue weighted by molar-refractivity contribution is 5.99.